The highest BCUT2D eigenvalue weighted by Crippen LogP contribution is 2.34. The fourth-order valence-electron chi connectivity index (χ4n) is 4.07. The smallest absolute Gasteiger partial charge is 0.278 e. The van der Waals surface area contributed by atoms with Crippen LogP contribution in [0.2, 0.25) is 0 Å². The number of carbonyl (C=O) groups is 2. The van der Waals surface area contributed by atoms with Gasteiger partial charge in [0.25, 0.3) is 11.8 Å². The van der Waals surface area contributed by atoms with Gasteiger partial charge >= 0.3 is 0 Å². The fraction of sp³-hybridized carbons (Fsp3) is 0.333. The van der Waals surface area contributed by atoms with Crippen molar-refractivity contribution in [2.45, 2.75) is 6.54 Å². The number of likely N-dealkylation sites (N-methyl/N-ethyl adjacent to an activating group) is 1. The molecule has 2 aromatic carbocycles. The van der Waals surface area contributed by atoms with Crippen molar-refractivity contribution in [2.24, 2.45) is 0 Å². The number of amides is 2. The molecule has 0 N–H and O–H groups in total. The van der Waals surface area contributed by atoms with Gasteiger partial charge in [0.05, 0.1) is 26.3 Å². The maximum atomic E-state index is 13.5. The second kappa shape index (κ2) is 9.00. The van der Waals surface area contributed by atoms with Gasteiger partial charge in [-0.25, -0.2) is 4.39 Å². The molecular formula is C24H26FN3O4. The number of hydrogen-bond donors (Lipinski definition) is 0. The van der Waals surface area contributed by atoms with Crippen LogP contribution in [0.15, 0.2) is 48.2 Å². The van der Waals surface area contributed by atoms with E-state index in [-0.39, 0.29) is 18.4 Å². The van der Waals surface area contributed by atoms with Crippen LogP contribution in [0, 0.1) is 5.82 Å². The lowest BCUT2D eigenvalue weighted by atomic mass is 10.0. The van der Waals surface area contributed by atoms with Gasteiger partial charge in [-0.05, 0) is 42.4 Å². The van der Waals surface area contributed by atoms with E-state index in [1.54, 1.807) is 37.4 Å². The molecule has 0 atom stereocenters. The summed E-state index contributed by atoms with van der Waals surface area (Å²) in [5, 5.41) is 0. The van der Waals surface area contributed by atoms with Gasteiger partial charge in [0, 0.05) is 26.2 Å². The molecule has 0 radical (unpaired) electrons. The van der Waals surface area contributed by atoms with Crippen LogP contribution in [0.25, 0.3) is 5.57 Å². The van der Waals surface area contributed by atoms with E-state index < -0.39 is 5.82 Å². The second-order valence-corrected chi connectivity index (χ2v) is 7.91. The predicted molar refractivity (Wildman–Crippen MR) is 117 cm³/mol. The summed E-state index contributed by atoms with van der Waals surface area (Å²) >= 11 is 0. The minimum atomic E-state index is -0.394. The first-order valence-electron chi connectivity index (χ1n) is 10.4. The molecule has 4 rings (SSSR count). The Morgan fingerprint density at radius 3 is 2.16 bits per heavy atom. The third kappa shape index (κ3) is 4.05. The van der Waals surface area contributed by atoms with E-state index in [4.69, 9.17) is 9.47 Å². The molecule has 168 valence electrons. The average molecular weight is 439 g/mol. The molecule has 7 nitrogen and oxygen atoms in total. The number of ether oxygens (including phenoxy) is 2. The SMILES string of the molecule is COc1ccc(CN2C(=O)C(c3ccc(F)cc3)=C(N3CCN(C)CC3)C2=O)cc1OC. The van der Waals surface area contributed by atoms with E-state index in [0.29, 0.717) is 41.4 Å². The zero-order chi connectivity index (χ0) is 22.8. The predicted octanol–water partition coefficient (Wildman–Crippen LogP) is 2.37. The fourth-order valence-corrected chi connectivity index (χ4v) is 4.07. The van der Waals surface area contributed by atoms with Crippen molar-refractivity contribution in [3.05, 3.63) is 65.1 Å². The summed E-state index contributed by atoms with van der Waals surface area (Å²) in [6, 6.07) is 11.0. The lowest BCUT2D eigenvalue weighted by Crippen LogP contribution is -2.46. The molecule has 0 aromatic heterocycles. The van der Waals surface area contributed by atoms with Crippen molar-refractivity contribution in [3.8, 4) is 11.5 Å². The molecule has 2 aliphatic rings. The van der Waals surface area contributed by atoms with Gasteiger partial charge in [-0.15, -0.1) is 0 Å². The summed E-state index contributed by atoms with van der Waals surface area (Å²) in [6.45, 7) is 2.95. The Balaban J connectivity index is 1.69. The minimum absolute atomic E-state index is 0.0972. The molecule has 0 aliphatic carbocycles. The van der Waals surface area contributed by atoms with Gasteiger partial charge in [-0.3, -0.25) is 14.5 Å². The largest absolute Gasteiger partial charge is 0.493 e. The number of piperazine rings is 1. The van der Waals surface area contributed by atoms with Gasteiger partial charge in [0.15, 0.2) is 11.5 Å². The third-order valence-electron chi connectivity index (χ3n) is 5.88. The lowest BCUT2D eigenvalue weighted by molar-refractivity contribution is -0.138. The lowest BCUT2D eigenvalue weighted by Gasteiger charge is -2.34. The van der Waals surface area contributed by atoms with Gasteiger partial charge in [-0.1, -0.05) is 18.2 Å². The Labute approximate surface area is 186 Å². The number of benzene rings is 2. The summed E-state index contributed by atoms with van der Waals surface area (Å²) in [5.41, 5.74) is 1.98. The molecule has 2 aromatic rings. The third-order valence-corrected chi connectivity index (χ3v) is 5.88. The Hall–Kier alpha value is -3.39. The van der Waals surface area contributed by atoms with Crippen LogP contribution in [0.4, 0.5) is 4.39 Å². The monoisotopic (exact) mass is 439 g/mol. The number of halogens is 1. The van der Waals surface area contributed by atoms with Crippen LogP contribution < -0.4 is 9.47 Å². The maximum absolute atomic E-state index is 13.5. The van der Waals surface area contributed by atoms with Gasteiger partial charge in [-0.2, -0.15) is 0 Å². The standard InChI is InChI=1S/C24H26FN3O4/c1-26-10-12-27(13-11-26)22-21(17-5-7-18(25)8-6-17)23(29)28(24(22)30)15-16-4-9-19(31-2)20(14-16)32-3/h4-9,14H,10-13,15H2,1-3H3. The molecule has 0 saturated carbocycles. The summed E-state index contributed by atoms with van der Waals surface area (Å²) in [6.07, 6.45) is 0. The molecule has 0 spiro atoms. The quantitative estimate of drug-likeness (QED) is 0.644. The molecule has 2 aliphatic heterocycles. The van der Waals surface area contributed by atoms with E-state index in [0.717, 1.165) is 18.7 Å². The van der Waals surface area contributed by atoms with Crippen LogP contribution in [-0.4, -0.2) is 74.0 Å². The molecule has 0 bridgehead atoms. The van der Waals surface area contributed by atoms with Crippen molar-refractivity contribution in [1.29, 1.82) is 0 Å². The van der Waals surface area contributed by atoms with Gasteiger partial charge < -0.3 is 19.3 Å². The van der Waals surface area contributed by atoms with Crippen molar-refractivity contribution >= 4 is 17.4 Å². The van der Waals surface area contributed by atoms with Crippen LogP contribution in [0.1, 0.15) is 11.1 Å². The second-order valence-electron chi connectivity index (χ2n) is 7.91. The zero-order valence-electron chi connectivity index (χ0n) is 18.4. The summed E-state index contributed by atoms with van der Waals surface area (Å²) in [4.78, 5) is 32.3. The first-order chi connectivity index (χ1) is 15.4. The molecule has 32 heavy (non-hydrogen) atoms. The molecule has 1 fully saturated rings. The number of rotatable bonds is 6. The molecular weight excluding hydrogens is 413 g/mol. The van der Waals surface area contributed by atoms with Crippen molar-refractivity contribution in [2.75, 3.05) is 47.4 Å². The van der Waals surface area contributed by atoms with E-state index in [1.165, 1.54) is 24.1 Å². The Bertz CT molecular complexity index is 1060. The highest BCUT2D eigenvalue weighted by atomic mass is 19.1. The van der Waals surface area contributed by atoms with Crippen molar-refractivity contribution in [1.82, 2.24) is 14.7 Å². The summed E-state index contributed by atoms with van der Waals surface area (Å²) < 4.78 is 24.1. The maximum Gasteiger partial charge on any atom is 0.278 e. The number of carbonyl (C=O) groups excluding carboxylic acids is 2. The van der Waals surface area contributed by atoms with Crippen molar-refractivity contribution in [3.63, 3.8) is 0 Å². The molecule has 0 unspecified atom stereocenters. The number of hydrogen-bond acceptors (Lipinski definition) is 6. The van der Waals surface area contributed by atoms with E-state index >= 15 is 0 Å². The van der Waals surface area contributed by atoms with Gasteiger partial charge in [0.2, 0.25) is 0 Å². The first-order valence-corrected chi connectivity index (χ1v) is 10.4. The normalized spacial score (nSPS) is 17.4. The molecule has 8 heteroatoms. The van der Waals surface area contributed by atoms with Crippen LogP contribution in [-0.2, 0) is 16.1 Å². The highest BCUT2D eigenvalue weighted by molar-refractivity contribution is 6.35. The summed E-state index contributed by atoms with van der Waals surface area (Å²) in [7, 11) is 5.11. The molecule has 2 amide bonds. The molecule has 2 heterocycles. The average Bonchev–Trinajstić information content (AvgIpc) is 3.05. The topological polar surface area (TPSA) is 62.3 Å². The number of imide groups is 1. The van der Waals surface area contributed by atoms with Crippen LogP contribution >= 0.6 is 0 Å². The Morgan fingerprint density at radius 2 is 1.53 bits per heavy atom. The number of nitrogens with zero attached hydrogens (tertiary/aromatic N) is 3. The van der Waals surface area contributed by atoms with Crippen LogP contribution in [0.5, 0.6) is 11.5 Å². The molecule has 1 saturated heterocycles. The Morgan fingerprint density at radius 1 is 0.875 bits per heavy atom. The van der Waals surface area contributed by atoms with E-state index in [9.17, 15) is 14.0 Å². The van der Waals surface area contributed by atoms with Gasteiger partial charge in [0.1, 0.15) is 11.5 Å². The van der Waals surface area contributed by atoms with Crippen LogP contribution in [0.3, 0.4) is 0 Å². The van der Waals surface area contributed by atoms with E-state index in [1.807, 2.05) is 11.9 Å². The number of methoxy groups -OCH3 is 2. The zero-order valence-corrected chi connectivity index (χ0v) is 18.4. The first kappa shape index (κ1) is 21.8. The van der Waals surface area contributed by atoms with E-state index in [2.05, 4.69) is 4.90 Å². The minimum Gasteiger partial charge on any atom is -0.493 e. The summed E-state index contributed by atoms with van der Waals surface area (Å²) in [5.74, 6) is -0.0258. The Kier molecular flexibility index (Phi) is 6.14. The van der Waals surface area contributed by atoms with Crippen molar-refractivity contribution < 1.29 is 23.5 Å². The highest BCUT2D eigenvalue weighted by Gasteiger charge is 2.42.